The SMILES string of the molecule is N#C/C(=C/Nc1ccc(C#N)cc1)C(=O)NCCc1ccc(O)cc1. The van der Waals surface area contributed by atoms with Crippen LogP contribution in [0, 0.1) is 22.7 Å². The number of benzene rings is 2. The van der Waals surface area contributed by atoms with Crippen LogP contribution in [0.1, 0.15) is 11.1 Å². The highest BCUT2D eigenvalue weighted by Gasteiger charge is 2.08. The minimum absolute atomic E-state index is 0.0462. The van der Waals surface area contributed by atoms with Crippen LogP contribution < -0.4 is 10.6 Å². The summed E-state index contributed by atoms with van der Waals surface area (Å²) in [5.74, 6) is -0.279. The topological polar surface area (TPSA) is 109 Å². The molecule has 0 radical (unpaired) electrons. The van der Waals surface area contributed by atoms with Crippen molar-refractivity contribution in [1.29, 1.82) is 10.5 Å². The fourth-order valence-corrected chi connectivity index (χ4v) is 2.02. The molecule has 0 spiro atoms. The van der Waals surface area contributed by atoms with Crippen molar-refractivity contribution in [3.8, 4) is 17.9 Å². The van der Waals surface area contributed by atoms with Crippen LogP contribution in [-0.2, 0) is 11.2 Å². The molecule has 2 aromatic carbocycles. The van der Waals surface area contributed by atoms with Crippen molar-refractivity contribution in [3.05, 3.63) is 71.4 Å². The van der Waals surface area contributed by atoms with E-state index in [1.807, 2.05) is 12.1 Å². The second-order valence-corrected chi connectivity index (χ2v) is 5.18. The van der Waals surface area contributed by atoms with Crippen molar-refractivity contribution in [2.75, 3.05) is 11.9 Å². The minimum Gasteiger partial charge on any atom is -0.508 e. The van der Waals surface area contributed by atoms with Gasteiger partial charge in [-0.2, -0.15) is 10.5 Å². The van der Waals surface area contributed by atoms with Gasteiger partial charge in [0.15, 0.2) is 0 Å². The molecule has 25 heavy (non-hydrogen) atoms. The lowest BCUT2D eigenvalue weighted by molar-refractivity contribution is -0.117. The number of phenols is 1. The Labute approximate surface area is 145 Å². The number of carbonyl (C=O) groups excluding carboxylic acids is 1. The highest BCUT2D eigenvalue weighted by molar-refractivity contribution is 5.97. The van der Waals surface area contributed by atoms with Crippen molar-refractivity contribution < 1.29 is 9.90 Å². The number of amides is 1. The van der Waals surface area contributed by atoms with Crippen LogP contribution in [0.25, 0.3) is 0 Å². The zero-order valence-corrected chi connectivity index (χ0v) is 13.4. The number of aromatic hydroxyl groups is 1. The van der Waals surface area contributed by atoms with Gasteiger partial charge in [-0.15, -0.1) is 0 Å². The second-order valence-electron chi connectivity index (χ2n) is 5.18. The van der Waals surface area contributed by atoms with Gasteiger partial charge in [-0.25, -0.2) is 0 Å². The zero-order valence-electron chi connectivity index (χ0n) is 13.4. The summed E-state index contributed by atoms with van der Waals surface area (Å²) in [5, 5.41) is 32.6. The zero-order chi connectivity index (χ0) is 18.1. The average molecular weight is 332 g/mol. The van der Waals surface area contributed by atoms with Gasteiger partial charge >= 0.3 is 0 Å². The summed E-state index contributed by atoms with van der Waals surface area (Å²) in [6.07, 6.45) is 1.92. The molecule has 0 bridgehead atoms. The third kappa shape index (κ3) is 5.42. The molecule has 0 saturated heterocycles. The third-order valence-electron chi connectivity index (χ3n) is 3.40. The lowest BCUT2D eigenvalue weighted by Gasteiger charge is -2.06. The standard InChI is InChI=1S/C19H16N4O2/c20-11-15-1-5-17(6-2-15)23-13-16(12-21)19(25)22-10-9-14-3-7-18(24)8-4-14/h1-8,13,23-24H,9-10H2,(H,22,25)/b16-13-. The van der Waals surface area contributed by atoms with Crippen molar-refractivity contribution in [3.63, 3.8) is 0 Å². The summed E-state index contributed by atoms with van der Waals surface area (Å²) >= 11 is 0. The van der Waals surface area contributed by atoms with Gasteiger partial charge in [0.05, 0.1) is 11.6 Å². The fourth-order valence-electron chi connectivity index (χ4n) is 2.02. The van der Waals surface area contributed by atoms with Crippen LogP contribution in [-0.4, -0.2) is 17.6 Å². The van der Waals surface area contributed by atoms with Crippen molar-refractivity contribution >= 4 is 11.6 Å². The van der Waals surface area contributed by atoms with Gasteiger partial charge in [0.25, 0.3) is 5.91 Å². The van der Waals surface area contributed by atoms with E-state index in [1.54, 1.807) is 48.5 Å². The maximum absolute atomic E-state index is 12.0. The predicted octanol–water partition coefficient (Wildman–Crippen LogP) is 2.44. The van der Waals surface area contributed by atoms with Crippen LogP contribution in [0.2, 0.25) is 0 Å². The molecule has 2 rings (SSSR count). The molecule has 6 nitrogen and oxygen atoms in total. The number of nitriles is 2. The lowest BCUT2D eigenvalue weighted by atomic mass is 10.1. The van der Waals surface area contributed by atoms with Crippen LogP contribution in [0.15, 0.2) is 60.3 Å². The molecule has 0 aliphatic carbocycles. The Balaban J connectivity index is 1.87. The number of hydrogen-bond acceptors (Lipinski definition) is 5. The quantitative estimate of drug-likeness (QED) is 0.556. The predicted molar refractivity (Wildman–Crippen MR) is 93.3 cm³/mol. The number of nitrogens with zero attached hydrogens (tertiary/aromatic N) is 2. The first-order valence-corrected chi connectivity index (χ1v) is 7.55. The number of carbonyl (C=O) groups is 1. The Hall–Kier alpha value is -3.77. The Morgan fingerprint density at radius 2 is 1.76 bits per heavy atom. The van der Waals surface area contributed by atoms with Crippen molar-refractivity contribution in [1.82, 2.24) is 5.32 Å². The summed E-state index contributed by atoms with van der Waals surface area (Å²) in [4.78, 5) is 12.0. The van der Waals surface area contributed by atoms with E-state index in [9.17, 15) is 9.90 Å². The Morgan fingerprint density at radius 3 is 2.36 bits per heavy atom. The molecule has 0 saturated carbocycles. The van der Waals surface area contributed by atoms with E-state index in [0.717, 1.165) is 5.56 Å². The number of anilines is 1. The first kappa shape index (κ1) is 17.6. The number of phenolic OH excluding ortho intramolecular Hbond substituents is 1. The van der Waals surface area contributed by atoms with Gasteiger partial charge in [-0.3, -0.25) is 4.79 Å². The maximum atomic E-state index is 12.0. The van der Waals surface area contributed by atoms with Crippen LogP contribution in [0.4, 0.5) is 5.69 Å². The maximum Gasteiger partial charge on any atom is 0.263 e. The molecule has 2 aromatic rings. The van der Waals surface area contributed by atoms with Gasteiger partial charge in [-0.05, 0) is 48.4 Å². The van der Waals surface area contributed by atoms with E-state index in [-0.39, 0.29) is 11.3 Å². The number of rotatable bonds is 6. The smallest absolute Gasteiger partial charge is 0.263 e. The molecule has 3 N–H and O–H groups in total. The Morgan fingerprint density at radius 1 is 1.08 bits per heavy atom. The molecule has 1 amide bonds. The lowest BCUT2D eigenvalue weighted by Crippen LogP contribution is -2.27. The van der Waals surface area contributed by atoms with Gasteiger partial charge in [0.2, 0.25) is 0 Å². The summed E-state index contributed by atoms with van der Waals surface area (Å²) in [6.45, 7) is 0.374. The largest absolute Gasteiger partial charge is 0.508 e. The van der Waals surface area contributed by atoms with E-state index in [0.29, 0.717) is 24.2 Å². The molecule has 0 aliphatic rings. The van der Waals surface area contributed by atoms with Gasteiger partial charge in [0, 0.05) is 18.4 Å². The van der Waals surface area contributed by atoms with Gasteiger partial charge < -0.3 is 15.7 Å². The highest BCUT2D eigenvalue weighted by Crippen LogP contribution is 2.10. The van der Waals surface area contributed by atoms with Crippen molar-refractivity contribution in [2.24, 2.45) is 0 Å². The Bertz CT molecular complexity index is 841. The monoisotopic (exact) mass is 332 g/mol. The summed E-state index contributed by atoms with van der Waals surface area (Å²) < 4.78 is 0. The third-order valence-corrected chi connectivity index (χ3v) is 3.40. The molecule has 0 fully saturated rings. The van der Waals surface area contributed by atoms with Crippen LogP contribution in [0.3, 0.4) is 0 Å². The minimum atomic E-state index is -0.470. The van der Waals surface area contributed by atoms with E-state index in [2.05, 4.69) is 10.6 Å². The molecular formula is C19H16N4O2. The van der Waals surface area contributed by atoms with Gasteiger partial charge in [-0.1, -0.05) is 12.1 Å². The van der Waals surface area contributed by atoms with Gasteiger partial charge in [0.1, 0.15) is 17.4 Å². The van der Waals surface area contributed by atoms with E-state index < -0.39 is 5.91 Å². The molecule has 0 atom stereocenters. The molecule has 6 heteroatoms. The molecule has 0 unspecified atom stereocenters. The number of nitrogens with one attached hydrogen (secondary N) is 2. The molecule has 0 aliphatic heterocycles. The molecule has 0 aromatic heterocycles. The summed E-state index contributed by atoms with van der Waals surface area (Å²) in [7, 11) is 0. The van der Waals surface area contributed by atoms with E-state index >= 15 is 0 Å². The first-order valence-electron chi connectivity index (χ1n) is 7.55. The summed E-state index contributed by atoms with van der Waals surface area (Å²) in [5.41, 5.74) is 2.12. The molecule has 124 valence electrons. The highest BCUT2D eigenvalue weighted by atomic mass is 16.3. The first-order chi connectivity index (χ1) is 12.1. The number of hydrogen-bond donors (Lipinski definition) is 3. The summed E-state index contributed by atoms with van der Waals surface area (Å²) in [6, 6.07) is 17.2. The molecule has 0 heterocycles. The fraction of sp³-hybridized carbons (Fsp3) is 0.105. The van der Waals surface area contributed by atoms with Crippen LogP contribution >= 0.6 is 0 Å². The van der Waals surface area contributed by atoms with E-state index in [4.69, 9.17) is 10.5 Å². The van der Waals surface area contributed by atoms with Crippen molar-refractivity contribution in [2.45, 2.75) is 6.42 Å². The Kier molecular flexibility index (Phi) is 6.16. The van der Waals surface area contributed by atoms with Crippen LogP contribution in [0.5, 0.6) is 5.75 Å². The second kappa shape index (κ2) is 8.76. The normalized spacial score (nSPS) is 10.4. The molecular weight excluding hydrogens is 316 g/mol. The van der Waals surface area contributed by atoms with E-state index in [1.165, 1.54) is 6.20 Å². The average Bonchev–Trinajstić information content (AvgIpc) is 2.64.